The fraction of sp³-hybridized carbons (Fsp3) is 0.412. The van der Waals surface area contributed by atoms with Crippen molar-refractivity contribution in [2.75, 3.05) is 13.7 Å². The maximum atomic E-state index is 12.1. The summed E-state index contributed by atoms with van der Waals surface area (Å²) in [7, 11) is 1.58. The van der Waals surface area contributed by atoms with Crippen molar-refractivity contribution in [1.29, 1.82) is 0 Å². The first kappa shape index (κ1) is 17.4. The van der Waals surface area contributed by atoms with Gasteiger partial charge in [-0.25, -0.2) is 0 Å². The molecule has 1 saturated heterocycles. The van der Waals surface area contributed by atoms with E-state index >= 15 is 0 Å². The van der Waals surface area contributed by atoms with E-state index < -0.39 is 0 Å². The Morgan fingerprint density at radius 1 is 1.26 bits per heavy atom. The Hall–Kier alpha value is -1.95. The van der Waals surface area contributed by atoms with Crippen LogP contribution in [0.1, 0.15) is 32.8 Å². The van der Waals surface area contributed by atoms with Crippen LogP contribution in [0.3, 0.4) is 0 Å². The summed E-state index contributed by atoms with van der Waals surface area (Å²) < 4.78 is 11.2. The van der Waals surface area contributed by atoms with Gasteiger partial charge in [0.15, 0.2) is 11.5 Å². The number of hydrogen-bond acceptors (Lipinski definition) is 5. The van der Waals surface area contributed by atoms with Gasteiger partial charge in [-0.05, 0) is 55.8 Å². The second-order valence-corrected chi connectivity index (χ2v) is 6.17. The number of carbonyl (C=O) groups is 2. The molecule has 5 nitrogen and oxygen atoms in total. The van der Waals surface area contributed by atoms with E-state index in [0.29, 0.717) is 22.9 Å². The van der Waals surface area contributed by atoms with Crippen LogP contribution >= 0.6 is 11.8 Å². The Bertz CT molecular complexity index is 641. The van der Waals surface area contributed by atoms with Gasteiger partial charge in [-0.2, -0.15) is 0 Å². The van der Waals surface area contributed by atoms with E-state index in [-0.39, 0.29) is 17.3 Å². The van der Waals surface area contributed by atoms with Gasteiger partial charge >= 0.3 is 0 Å². The van der Waals surface area contributed by atoms with Crippen molar-refractivity contribution in [3.63, 3.8) is 0 Å². The van der Waals surface area contributed by atoms with E-state index in [1.807, 2.05) is 19.1 Å². The SMILES string of the molecule is CC[C@@H](C)Oc1ccc(/C=C2/SC(=O)N(CC)C2=O)cc1OC. The van der Waals surface area contributed by atoms with Gasteiger partial charge in [-0.3, -0.25) is 14.5 Å². The summed E-state index contributed by atoms with van der Waals surface area (Å²) in [6.45, 7) is 6.21. The van der Waals surface area contributed by atoms with E-state index in [9.17, 15) is 9.59 Å². The number of thioether (sulfide) groups is 1. The van der Waals surface area contributed by atoms with Crippen LogP contribution in [0.15, 0.2) is 23.1 Å². The van der Waals surface area contributed by atoms with Crippen LogP contribution in [-0.2, 0) is 4.79 Å². The average Bonchev–Trinajstić information content (AvgIpc) is 2.81. The largest absolute Gasteiger partial charge is 0.493 e. The maximum Gasteiger partial charge on any atom is 0.293 e. The number of amides is 2. The first-order valence-corrected chi connectivity index (χ1v) is 8.41. The molecule has 1 atom stereocenters. The zero-order valence-corrected chi connectivity index (χ0v) is 14.6. The van der Waals surface area contributed by atoms with E-state index in [1.54, 1.807) is 26.2 Å². The fourth-order valence-corrected chi connectivity index (χ4v) is 3.00. The monoisotopic (exact) mass is 335 g/mol. The third-order valence-corrected chi connectivity index (χ3v) is 4.49. The quantitative estimate of drug-likeness (QED) is 0.737. The normalized spacial score (nSPS) is 17.7. The van der Waals surface area contributed by atoms with Gasteiger partial charge in [0.25, 0.3) is 11.1 Å². The van der Waals surface area contributed by atoms with Crippen LogP contribution in [0.2, 0.25) is 0 Å². The molecule has 124 valence electrons. The molecular weight excluding hydrogens is 314 g/mol. The first-order chi connectivity index (χ1) is 11.0. The molecule has 2 amide bonds. The highest BCUT2D eigenvalue weighted by Crippen LogP contribution is 2.34. The number of ether oxygens (including phenoxy) is 2. The molecule has 1 aliphatic heterocycles. The second-order valence-electron chi connectivity index (χ2n) is 5.17. The minimum absolute atomic E-state index is 0.0933. The summed E-state index contributed by atoms with van der Waals surface area (Å²) in [6, 6.07) is 5.47. The van der Waals surface area contributed by atoms with E-state index in [1.165, 1.54) is 4.90 Å². The Kier molecular flexibility index (Phi) is 5.71. The molecule has 0 radical (unpaired) electrons. The molecule has 23 heavy (non-hydrogen) atoms. The highest BCUT2D eigenvalue weighted by Gasteiger charge is 2.33. The van der Waals surface area contributed by atoms with Gasteiger partial charge in [0.05, 0.1) is 18.1 Å². The van der Waals surface area contributed by atoms with Crippen molar-refractivity contribution in [2.24, 2.45) is 0 Å². The lowest BCUT2D eigenvalue weighted by Gasteiger charge is -2.15. The van der Waals surface area contributed by atoms with Crippen LogP contribution in [0.4, 0.5) is 4.79 Å². The molecule has 1 heterocycles. The summed E-state index contributed by atoms with van der Waals surface area (Å²) >= 11 is 0.960. The number of likely N-dealkylation sites (N-methyl/N-ethyl adjacent to an activating group) is 1. The lowest BCUT2D eigenvalue weighted by molar-refractivity contribution is -0.122. The molecule has 1 fully saturated rings. The van der Waals surface area contributed by atoms with Crippen molar-refractivity contribution >= 4 is 29.0 Å². The zero-order valence-electron chi connectivity index (χ0n) is 13.8. The lowest BCUT2D eigenvalue weighted by atomic mass is 10.1. The van der Waals surface area contributed by atoms with Gasteiger partial charge in [0.2, 0.25) is 0 Å². The Balaban J connectivity index is 2.26. The molecular formula is C17H21NO4S. The molecule has 0 aromatic heterocycles. The van der Waals surface area contributed by atoms with Gasteiger partial charge in [0.1, 0.15) is 0 Å². The second kappa shape index (κ2) is 7.55. The van der Waals surface area contributed by atoms with Crippen LogP contribution in [0, 0.1) is 0 Å². The predicted octanol–water partition coefficient (Wildman–Crippen LogP) is 3.93. The van der Waals surface area contributed by atoms with Crippen molar-refractivity contribution in [3.05, 3.63) is 28.7 Å². The van der Waals surface area contributed by atoms with E-state index in [2.05, 4.69) is 6.92 Å². The van der Waals surface area contributed by atoms with E-state index in [0.717, 1.165) is 23.7 Å². The number of carbonyl (C=O) groups excluding carboxylic acids is 2. The van der Waals surface area contributed by atoms with Crippen molar-refractivity contribution < 1.29 is 19.1 Å². The van der Waals surface area contributed by atoms with Crippen LogP contribution in [0.5, 0.6) is 11.5 Å². The molecule has 1 aromatic carbocycles. The van der Waals surface area contributed by atoms with Crippen LogP contribution in [0.25, 0.3) is 6.08 Å². The molecule has 6 heteroatoms. The molecule has 0 unspecified atom stereocenters. The smallest absolute Gasteiger partial charge is 0.293 e. The maximum absolute atomic E-state index is 12.1. The molecule has 0 bridgehead atoms. The third kappa shape index (κ3) is 3.88. The predicted molar refractivity (Wildman–Crippen MR) is 91.7 cm³/mol. The fourth-order valence-electron chi connectivity index (χ4n) is 2.10. The molecule has 0 N–H and O–H groups in total. The number of imide groups is 1. The summed E-state index contributed by atoms with van der Waals surface area (Å²) in [6.07, 6.45) is 2.70. The highest BCUT2D eigenvalue weighted by molar-refractivity contribution is 8.18. The third-order valence-electron chi connectivity index (χ3n) is 3.58. The Morgan fingerprint density at radius 2 is 2.00 bits per heavy atom. The minimum Gasteiger partial charge on any atom is -0.493 e. The summed E-state index contributed by atoms with van der Waals surface area (Å²) in [5.41, 5.74) is 0.792. The van der Waals surface area contributed by atoms with Gasteiger partial charge in [0, 0.05) is 6.54 Å². The van der Waals surface area contributed by atoms with Gasteiger partial charge < -0.3 is 9.47 Å². The van der Waals surface area contributed by atoms with Crippen LogP contribution in [-0.4, -0.2) is 35.8 Å². The molecule has 2 rings (SSSR count). The molecule has 0 spiro atoms. The van der Waals surface area contributed by atoms with Gasteiger partial charge in [-0.15, -0.1) is 0 Å². The first-order valence-electron chi connectivity index (χ1n) is 7.60. The van der Waals surface area contributed by atoms with E-state index in [4.69, 9.17) is 9.47 Å². The number of hydrogen-bond donors (Lipinski definition) is 0. The summed E-state index contributed by atoms with van der Waals surface area (Å²) in [4.78, 5) is 25.5. The standard InChI is InChI=1S/C17H21NO4S/c1-5-11(3)22-13-8-7-12(9-14(13)21-4)10-15-16(19)18(6-2)17(20)23-15/h7-11H,5-6H2,1-4H3/b15-10+/t11-/m1/s1. The number of benzene rings is 1. The highest BCUT2D eigenvalue weighted by atomic mass is 32.2. The average molecular weight is 335 g/mol. The van der Waals surface area contributed by atoms with Crippen LogP contribution < -0.4 is 9.47 Å². The van der Waals surface area contributed by atoms with Crippen molar-refractivity contribution in [1.82, 2.24) is 4.90 Å². The number of rotatable bonds is 6. The lowest BCUT2D eigenvalue weighted by Crippen LogP contribution is -2.27. The van der Waals surface area contributed by atoms with Crippen molar-refractivity contribution in [2.45, 2.75) is 33.3 Å². The van der Waals surface area contributed by atoms with Crippen molar-refractivity contribution in [3.8, 4) is 11.5 Å². The minimum atomic E-state index is -0.249. The Morgan fingerprint density at radius 3 is 2.57 bits per heavy atom. The molecule has 1 aliphatic rings. The topological polar surface area (TPSA) is 55.8 Å². The number of methoxy groups -OCH3 is 1. The zero-order chi connectivity index (χ0) is 17.0. The summed E-state index contributed by atoms with van der Waals surface area (Å²) in [5, 5.41) is -0.229. The molecule has 1 aromatic rings. The molecule has 0 aliphatic carbocycles. The number of nitrogens with zero attached hydrogens (tertiary/aromatic N) is 1. The van der Waals surface area contributed by atoms with Gasteiger partial charge in [-0.1, -0.05) is 13.0 Å². The summed E-state index contributed by atoms with van der Waals surface area (Å²) in [5.74, 6) is 1.02. The molecule has 0 saturated carbocycles. The Labute approximate surface area is 140 Å².